The Labute approximate surface area is 80.4 Å². The fourth-order valence-corrected chi connectivity index (χ4v) is 0.865. The number of hydrogen-bond donors (Lipinski definition) is 1. The summed E-state index contributed by atoms with van der Waals surface area (Å²) in [7, 11) is 0. The lowest BCUT2D eigenvalue weighted by Crippen LogP contribution is -2.11. The Morgan fingerprint density at radius 2 is 2.00 bits per heavy atom. The average molecular weight is 206 g/mol. The molecule has 0 aromatic carbocycles. The molecule has 1 amide bonds. The molecule has 1 aromatic heterocycles. The van der Waals surface area contributed by atoms with Crippen molar-refractivity contribution in [1.82, 2.24) is 9.97 Å². The molecule has 4 nitrogen and oxygen atoms in total. The summed E-state index contributed by atoms with van der Waals surface area (Å²) in [5, 5.41) is 0.634. The molecule has 0 bridgehead atoms. The summed E-state index contributed by atoms with van der Waals surface area (Å²) >= 11 is 1.41. The lowest BCUT2D eigenvalue weighted by molar-refractivity contribution is 0.0999. The zero-order chi connectivity index (χ0) is 8.27. The van der Waals surface area contributed by atoms with Gasteiger partial charge in [0.1, 0.15) is 0 Å². The van der Waals surface area contributed by atoms with Crippen molar-refractivity contribution in [2.24, 2.45) is 5.73 Å². The Hall–Kier alpha value is -0.810. The predicted molar refractivity (Wildman–Crippen MR) is 49.6 cm³/mol. The van der Waals surface area contributed by atoms with Crippen molar-refractivity contribution in [3.63, 3.8) is 0 Å². The fourth-order valence-electron chi connectivity index (χ4n) is 0.549. The maximum atomic E-state index is 10.5. The van der Waals surface area contributed by atoms with E-state index in [1.807, 2.05) is 6.26 Å². The molecule has 6 heteroatoms. The number of amides is 1. The van der Waals surface area contributed by atoms with Gasteiger partial charge in [-0.2, -0.15) is 0 Å². The third kappa shape index (κ3) is 2.67. The standard InChI is InChI=1S/C6H7N3OS.ClH/c1-11-6-8-2-4(3-9-6)5(7)10;/h2-3H,1H3,(H2,7,10);1H. The van der Waals surface area contributed by atoms with Crippen LogP contribution in [-0.2, 0) is 0 Å². The summed E-state index contributed by atoms with van der Waals surface area (Å²) in [6.45, 7) is 0. The van der Waals surface area contributed by atoms with Crippen molar-refractivity contribution < 1.29 is 4.79 Å². The van der Waals surface area contributed by atoms with Crippen molar-refractivity contribution in [2.75, 3.05) is 6.26 Å². The molecule has 0 aliphatic heterocycles. The fraction of sp³-hybridized carbons (Fsp3) is 0.167. The van der Waals surface area contributed by atoms with Crippen LogP contribution in [0.5, 0.6) is 0 Å². The van der Waals surface area contributed by atoms with Crippen LogP contribution in [0.2, 0.25) is 0 Å². The third-order valence-electron chi connectivity index (χ3n) is 1.10. The monoisotopic (exact) mass is 205 g/mol. The Bertz CT molecular complexity index is 264. The van der Waals surface area contributed by atoms with Gasteiger partial charge in [-0.1, -0.05) is 11.8 Å². The van der Waals surface area contributed by atoms with E-state index in [2.05, 4.69) is 9.97 Å². The van der Waals surface area contributed by atoms with E-state index in [9.17, 15) is 4.79 Å². The second-order valence-corrected chi connectivity index (χ2v) is 2.60. The minimum Gasteiger partial charge on any atom is -0.366 e. The van der Waals surface area contributed by atoms with Crippen LogP contribution in [0, 0.1) is 0 Å². The number of halogens is 1. The van der Waals surface area contributed by atoms with Gasteiger partial charge in [-0.05, 0) is 6.26 Å². The van der Waals surface area contributed by atoms with Crippen LogP contribution in [0.15, 0.2) is 17.6 Å². The molecule has 12 heavy (non-hydrogen) atoms. The third-order valence-corrected chi connectivity index (χ3v) is 1.67. The van der Waals surface area contributed by atoms with Crippen LogP contribution in [-0.4, -0.2) is 22.1 Å². The van der Waals surface area contributed by atoms with Crippen LogP contribution in [0.4, 0.5) is 0 Å². The van der Waals surface area contributed by atoms with E-state index in [4.69, 9.17) is 5.73 Å². The van der Waals surface area contributed by atoms with E-state index in [0.29, 0.717) is 10.7 Å². The number of rotatable bonds is 2. The van der Waals surface area contributed by atoms with E-state index < -0.39 is 5.91 Å². The van der Waals surface area contributed by atoms with Crippen LogP contribution in [0.3, 0.4) is 0 Å². The molecule has 0 fully saturated rings. The number of primary amides is 1. The molecule has 1 heterocycles. The summed E-state index contributed by atoms with van der Waals surface area (Å²) in [6.07, 6.45) is 4.70. The Morgan fingerprint density at radius 1 is 1.50 bits per heavy atom. The van der Waals surface area contributed by atoms with Crippen molar-refractivity contribution in [3.05, 3.63) is 18.0 Å². The minimum absolute atomic E-state index is 0. The first-order valence-corrected chi connectivity index (χ1v) is 4.12. The lowest BCUT2D eigenvalue weighted by Gasteiger charge is -1.94. The maximum absolute atomic E-state index is 10.5. The molecular formula is C6H8ClN3OS. The highest BCUT2D eigenvalue weighted by atomic mass is 35.5. The highest BCUT2D eigenvalue weighted by Gasteiger charge is 2.00. The van der Waals surface area contributed by atoms with Gasteiger partial charge in [0.05, 0.1) is 5.56 Å². The Balaban J connectivity index is 0.00000121. The van der Waals surface area contributed by atoms with E-state index in [0.717, 1.165) is 0 Å². The molecule has 0 saturated heterocycles. The summed E-state index contributed by atoms with van der Waals surface area (Å²) in [6, 6.07) is 0. The van der Waals surface area contributed by atoms with Gasteiger partial charge < -0.3 is 5.73 Å². The van der Waals surface area contributed by atoms with Crippen LogP contribution < -0.4 is 5.73 Å². The topological polar surface area (TPSA) is 68.9 Å². The number of nitrogens with zero attached hydrogens (tertiary/aromatic N) is 2. The quantitative estimate of drug-likeness (QED) is 0.571. The van der Waals surface area contributed by atoms with Crippen LogP contribution in [0.1, 0.15) is 10.4 Å². The first kappa shape index (κ1) is 11.2. The number of carbonyl (C=O) groups is 1. The molecule has 0 aliphatic rings. The van der Waals surface area contributed by atoms with Crippen molar-refractivity contribution in [1.29, 1.82) is 0 Å². The zero-order valence-corrected chi connectivity index (χ0v) is 7.98. The predicted octanol–water partition coefficient (Wildman–Crippen LogP) is 0.719. The van der Waals surface area contributed by atoms with Crippen molar-refractivity contribution in [3.8, 4) is 0 Å². The summed E-state index contributed by atoms with van der Waals surface area (Å²) < 4.78 is 0. The number of aromatic nitrogens is 2. The largest absolute Gasteiger partial charge is 0.366 e. The number of carbonyl (C=O) groups excluding carboxylic acids is 1. The van der Waals surface area contributed by atoms with Crippen LogP contribution >= 0.6 is 24.2 Å². The summed E-state index contributed by atoms with van der Waals surface area (Å²) in [5.74, 6) is -0.502. The lowest BCUT2D eigenvalue weighted by atomic mass is 10.3. The molecular weight excluding hydrogens is 198 g/mol. The number of nitrogens with two attached hydrogens (primary N) is 1. The van der Waals surface area contributed by atoms with Gasteiger partial charge in [0, 0.05) is 12.4 Å². The molecule has 2 N–H and O–H groups in total. The molecule has 1 aromatic rings. The second-order valence-electron chi connectivity index (χ2n) is 1.82. The van der Waals surface area contributed by atoms with E-state index in [1.54, 1.807) is 0 Å². The normalized spacial score (nSPS) is 8.75. The zero-order valence-electron chi connectivity index (χ0n) is 6.35. The van der Waals surface area contributed by atoms with Gasteiger partial charge in [-0.15, -0.1) is 12.4 Å². The number of thioether (sulfide) groups is 1. The van der Waals surface area contributed by atoms with Gasteiger partial charge in [0.15, 0.2) is 5.16 Å². The highest BCUT2D eigenvalue weighted by molar-refractivity contribution is 7.98. The Kier molecular flexibility index (Phi) is 4.61. The SMILES string of the molecule is CSc1ncc(C(N)=O)cn1.Cl. The maximum Gasteiger partial charge on any atom is 0.251 e. The average Bonchev–Trinajstić information content (AvgIpc) is 2.05. The van der Waals surface area contributed by atoms with Crippen LogP contribution in [0.25, 0.3) is 0 Å². The Morgan fingerprint density at radius 3 is 2.33 bits per heavy atom. The smallest absolute Gasteiger partial charge is 0.251 e. The minimum atomic E-state index is -0.502. The van der Waals surface area contributed by atoms with E-state index in [1.165, 1.54) is 24.2 Å². The molecule has 0 radical (unpaired) electrons. The van der Waals surface area contributed by atoms with Gasteiger partial charge in [0.25, 0.3) is 5.91 Å². The summed E-state index contributed by atoms with van der Waals surface area (Å²) in [5.41, 5.74) is 5.32. The molecule has 0 spiro atoms. The van der Waals surface area contributed by atoms with Gasteiger partial charge >= 0.3 is 0 Å². The number of hydrogen-bond acceptors (Lipinski definition) is 4. The van der Waals surface area contributed by atoms with E-state index in [-0.39, 0.29) is 12.4 Å². The summed E-state index contributed by atoms with van der Waals surface area (Å²) in [4.78, 5) is 18.3. The van der Waals surface area contributed by atoms with Gasteiger partial charge in [-0.3, -0.25) is 4.79 Å². The first-order chi connectivity index (χ1) is 5.24. The van der Waals surface area contributed by atoms with Crippen molar-refractivity contribution >= 4 is 30.1 Å². The first-order valence-electron chi connectivity index (χ1n) is 2.90. The van der Waals surface area contributed by atoms with Gasteiger partial charge in [0.2, 0.25) is 0 Å². The molecule has 0 aliphatic carbocycles. The second kappa shape index (κ2) is 4.95. The van der Waals surface area contributed by atoms with Crippen molar-refractivity contribution in [2.45, 2.75) is 5.16 Å². The molecule has 1 rings (SSSR count). The molecule has 0 unspecified atom stereocenters. The van der Waals surface area contributed by atoms with Gasteiger partial charge in [-0.25, -0.2) is 9.97 Å². The molecule has 0 saturated carbocycles. The molecule has 0 atom stereocenters. The molecule has 66 valence electrons. The van der Waals surface area contributed by atoms with E-state index >= 15 is 0 Å². The highest BCUT2D eigenvalue weighted by Crippen LogP contribution is 2.06.